The summed E-state index contributed by atoms with van der Waals surface area (Å²) in [5.74, 6) is 1.80. The van der Waals surface area contributed by atoms with Crippen molar-refractivity contribution in [1.82, 2.24) is 15.0 Å². The van der Waals surface area contributed by atoms with Gasteiger partial charge in [-0.1, -0.05) is 146 Å². The molecule has 11 aromatic rings. The molecule has 0 unspecified atom stereocenters. The monoisotopic (exact) mass is 732 g/mol. The molecular weight excluding hydrogens is 701 g/mol. The topological polar surface area (TPSA) is 68.2 Å². The quantitative estimate of drug-likeness (QED) is 0.162. The lowest BCUT2D eigenvalue weighted by atomic mass is 10.0. The van der Waals surface area contributed by atoms with Gasteiger partial charge >= 0.3 is 0 Å². The summed E-state index contributed by atoms with van der Waals surface area (Å²) in [6, 6.07) is 66.2. The third kappa shape index (κ3) is 5.70. The average molecular weight is 733 g/mol. The first kappa shape index (κ1) is 32.6. The van der Waals surface area contributed by atoms with Crippen molar-refractivity contribution < 1.29 is 8.83 Å². The fourth-order valence-corrected chi connectivity index (χ4v) is 7.82. The van der Waals surface area contributed by atoms with Gasteiger partial charge in [0.15, 0.2) is 23.1 Å². The Kier molecular flexibility index (Phi) is 7.71. The Morgan fingerprint density at radius 3 is 1.56 bits per heavy atom. The van der Waals surface area contributed by atoms with E-state index < -0.39 is 0 Å². The van der Waals surface area contributed by atoms with Gasteiger partial charge in [-0.05, 0) is 59.7 Å². The molecule has 11 rings (SSSR count). The number of benzene rings is 8. The first-order valence-electron chi connectivity index (χ1n) is 18.9. The normalized spacial score (nSPS) is 11.5. The first-order chi connectivity index (χ1) is 28.2. The van der Waals surface area contributed by atoms with Gasteiger partial charge in [0.2, 0.25) is 0 Å². The number of aromatic nitrogens is 3. The van der Waals surface area contributed by atoms with Gasteiger partial charge in [-0.3, -0.25) is 0 Å². The van der Waals surface area contributed by atoms with E-state index in [1.165, 1.54) is 5.56 Å². The van der Waals surface area contributed by atoms with Gasteiger partial charge in [0.1, 0.15) is 16.7 Å². The van der Waals surface area contributed by atoms with Crippen molar-refractivity contribution in [3.05, 3.63) is 194 Å². The van der Waals surface area contributed by atoms with Crippen molar-refractivity contribution in [3.63, 3.8) is 0 Å². The van der Waals surface area contributed by atoms with E-state index in [0.29, 0.717) is 17.5 Å². The Morgan fingerprint density at radius 1 is 0.333 bits per heavy atom. The average Bonchev–Trinajstić information content (AvgIpc) is 3.87. The second kappa shape index (κ2) is 13.5. The van der Waals surface area contributed by atoms with Crippen LogP contribution in [-0.4, -0.2) is 15.0 Å². The summed E-state index contributed by atoms with van der Waals surface area (Å²) in [6.45, 7) is 0. The highest BCUT2D eigenvalue weighted by atomic mass is 16.3. The number of fused-ring (bicyclic) bond motifs is 6. The fourth-order valence-electron chi connectivity index (χ4n) is 7.82. The summed E-state index contributed by atoms with van der Waals surface area (Å²) in [4.78, 5) is 17.1. The van der Waals surface area contributed by atoms with E-state index in [1.54, 1.807) is 0 Å². The van der Waals surface area contributed by atoms with E-state index >= 15 is 0 Å². The van der Waals surface area contributed by atoms with E-state index in [9.17, 15) is 0 Å². The number of hydrogen-bond acceptors (Lipinski definition) is 6. The van der Waals surface area contributed by atoms with Gasteiger partial charge in [-0.15, -0.1) is 0 Å². The number of nitrogens with zero attached hydrogens (tertiary/aromatic N) is 4. The van der Waals surface area contributed by atoms with Crippen LogP contribution >= 0.6 is 0 Å². The summed E-state index contributed by atoms with van der Waals surface area (Å²) in [5.41, 5.74) is 11.1. The van der Waals surface area contributed by atoms with Crippen molar-refractivity contribution in [1.29, 1.82) is 0 Å². The molecule has 0 atom stereocenters. The molecule has 3 aromatic heterocycles. The summed E-state index contributed by atoms with van der Waals surface area (Å²) >= 11 is 0. The van der Waals surface area contributed by atoms with Crippen LogP contribution in [0.1, 0.15) is 0 Å². The number of furan rings is 2. The maximum Gasteiger partial charge on any atom is 0.164 e. The van der Waals surface area contributed by atoms with Crippen molar-refractivity contribution in [3.8, 4) is 45.3 Å². The van der Waals surface area contributed by atoms with Crippen LogP contribution in [0.4, 0.5) is 17.1 Å². The van der Waals surface area contributed by atoms with Crippen molar-refractivity contribution in [2.45, 2.75) is 0 Å². The van der Waals surface area contributed by atoms with Crippen LogP contribution in [0, 0.1) is 0 Å². The SMILES string of the molecule is c1ccc(-c2ccc(N(c3cccc4c3oc3cc(-c5nc(-c6ccccc6)nc(-c6ccccc6)n5)ccc34)c3cccc4oc5ccccc5c34)cc2)cc1. The van der Waals surface area contributed by atoms with Crippen LogP contribution in [0.15, 0.2) is 203 Å². The number of para-hydroxylation sites is 2. The Bertz CT molecular complexity index is 3170. The molecule has 0 bridgehead atoms. The highest BCUT2D eigenvalue weighted by Gasteiger charge is 2.24. The number of rotatable bonds is 7. The summed E-state index contributed by atoms with van der Waals surface area (Å²) in [6.07, 6.45) is 0. The van der Waals surface area contributed by atoms with Crippen LogP contribution < -0.4 is 4.90 Å². The van der Waals surface area contributed by atoms with Gasteiger partial charge in [-0.2, -0.15) is 0 Å². The first-order valence-corrected chi connectivity index (χ1v) is 18.9. The zero-order valence-corrected chi connectivity index (χ0v) is 30.6. The molecule has 268 valence electrons. The molecule has 6 nitrogen and oxygen atoms in total. The smallest absolute Gasteiger partial charge is 0.164 e. The predicted octanol–water partition coefficient (Wildman–Crippen LogP) is 13.8. The highest BCUT2D eigenvalue weighted by molar-refractivity contribution is 6.16. The predicted molar refractivity (Wildman–Crippen MR) is 231 cm³/mol. The molecule has 3 heterocycles. The minimum Gasteiger partial charge on any atom is -0.456 e. The van der Waals surface area contributed by atoms with Crippen LogP contribution in [0.3, 0.4) is 0 Å². The summed E-state index contributed by atoms with van der Waals surface area (Å²) in [5, 5.41) is 4.10. The lowest BCUT2D eigenvalue weighted by molar-refractivity contribution is 0.668. The maximum atomic E-state index is 6.94. The lowest BCUT2D eigenvalue weighted by Gasteiger charge is -2.26. The minimum atomic E-state index is 0.573. The lowest BCUT2D eigenvalue weighted by Crippen LogP contribution is -2.10. The summed E-state index contributed by atoms with van der Waals surface area (Å²) in [7, 11) is 0. The zero-order valence-electron chi connectivity index (χ0n) is 30.6. The highest BCUT2D eigenvalue weighted by Crippen LogP contribution is 2.47. The van der Waals surface area contributed by atoms with Gasteiger partial charge < -0.3 is 13.7 Å². The van der Waals surface area contributed by atoms with E-state index in [4.69, 9.17) is 23.8 Å². The van der Waals surface area contributed by atoms with Crippen molar-refractivity contribution >= 4 is 60.9 Å². The molecule has 6 heteroatoms. The molecule has 8 aromatic carbocycles. The molecule has 0 aliphatic carbocycles. The van der Waals surface area contributed by atoms with E-state index in [0.717, 1.165) is 83.2 Å². The van der Waals surface area contributed by atoms with E-state index in [2.05, 4.69) is 108 Å². The van der Waals surface area contributed by atoms with Gasteiger partial charge in [0.05, 0.1) is 16.8 Å². The maximum absolute atomic E-state index is 6.94. The minimum absolute atomic E-state index is 0.573. The fraction of sp³-hybridized carbons (Fsp3) is 0. The van der Waals surface area contributed by atoms with Crippen molar-refractivity contribution in [2.75, 3.05) is 4.90 Å². The Hall–Kier alpha value is -7.83. The van der Waals surface area contributed by atoms with Crippen molar-refractivity contribution in [2.24, 2.45) is 0 Å². The Balaban J connectivity index is 1.10. The van der Waals surface area contributed by atoms with Gasteiger partial charge in [0.25, 0.3) is 0 Å². The van der Waals surface area contributed by atoms with Crippen LogP contribution in [0.2, 0.25) is 0 Å². The Labute approximate surface area is 328 Å². The molecule has 0 saturated heterocycles. The van der Waals surface area contributed by atoms with E-state index in [-0.39, 0.29) is 0 Å². The third-order valence-corrected chi connectivity index (χ3v) is 10.5. The Morgan fingerprint density at radius 2 is 0.860 bits per heavy atom. The number of anilines is 3. The third-order valence-electron chi connectivity index (χ3n) is 10.5. The van der Waals surface area contributed by atoms with E-state index in [1.807, 2.05) is 91.0 Å². The molecule has 0 amide bonds. The van der Waals surface area contributed by atoms with Gasteiger partial charge in [0, 0.05) is 38.5 Å². The van der Waals surface area contributed by atoms with Gasteiger partial charge in [-0.25, -0.2) is 15.0 Å². The van der Waals surface area contributed by atoms with Crippen LogP contribution in [-0.2, 0) is 0 Å². The molecule has 0 fully saturated rings. The van der Waals surface area contributed by atoms with Crippen LogP contribution in [0.5, 0.6) is 0 Å². The summed E-state index contributed by atoms with van der Waals surface area (Å²) < 4.78 is 13.3. The molecule has 0 N–H and O–H groups in total. The second-order valence-corrected chi connectivity index (χ2v) is 14.0. The largest absolute Gasteiger partial charge is 0.456 e. The molecule has 0 aliphatic rings. The standard InChI is InChI=1S/C51H32N4O2/c1-4-14-33(15-5-1)34-26-29-38(30-27-34)55(42-22-13-25-45-47(42)41-20-10-11-24-44(41)56-45)43-23-12-21-40-39-31-28-37(32-46(39)57-48(40)43)51-53-49(35-16-6-2-7-17-35)52-50(54-51)36-18-8-3-9-19-36/h1-32H. The van der Waals surface area contributed by atoms with Crippen LogP contribution in [0.25, 0.3) is 89.2 Å². The molecular formula is C51H32N4O2. The molecule has 0 aliphatic heterocycles. The number of hydrogen-bond donors (Lipinski definition) is 0. The molecule has 0 radical (unpaired) electrons. The second-order valence-electron chi connectivity index (χ2n) is 14.0. The molecule has 0 spiro atoms. The zero-order chi connectivity index (χ0) is 37.7. The molecule has 0 saturated carbocycles. The molecule has 57 heavy (non-hydrogen) atoms.